The van der Waals surface area contributed by atoms with E-state index in [9.17, 15) is 13.5 Å². The number of aliphatic hydroxyl groups excluding tert-OH is 1. The van der Waals surface area contributed by atoms with Crippen LogP contribution in [0.3, 0.4) is 0 Å². The number of nitrogens with zero attached hydrogens (tertiary/aromatic N) is 1. The molecule has 1 aliphatic heterocycles. The molecule has 0 aliphatic carbocycles. The molecular formula is C12H15NO3S. The Hall–Kier alpha value is -1.33. The highest BCUT2D eigenvalue weighted by atomic mass is 32.2. The van der Waals surface area contributed by atoms with Gasteiger partial charge < -0.3 is 5.11 Å². The number of benzene rings is 1. The fourth-order valence-corrected chi connectivity index (χ4v) is 3.37. The van der Waals surface area contributed by atoms with Gasteiger partial charge in [-0.1, -0.05) is 18.2 Å². The van der Waals surface area contributed by atoms with Crippen molar-refractivity contribution in [1.82, 2.24) is 0 Å². The highest BCUT2D eigenvalue weighted by molar-refractivity contribution is 7.92. The van der Waals surface area contributed by atoms with Crippen LogP contribution in [0.2, 0.25) is 0 Å². The molecule has 17 heavy (non-hydrogen) atoms. The molecule has 1 N–H and O–H groups in total. The average Bonchev–Trinajstić information content (AvgIpc) is 2.26. The first-order valence-electron chi connectivity index (χ1n) is 5.35. The normalized spacial score (nSPS) is 19.8. The van der Waals surface area contributed by atoms with Crippen molar-refractivity contribution in [2.45, 2.75) is 13.0 Å². The van der Waals surface area contributed by atoms with Gasteiger partial charge in [0.1, 0.15) is 0 Å². The number of fused-ring (bicyclic) bond motifs is 1. The van der Waals surface area contributed by atoms with Crippen LogP contribution in [0, 0.1) is 0 Å². The Morgan fingerprint density at radius 1 is 1.35 bits per heavy atom. The van der Waals surface area contributed by atoms with Gasteiger partial charge in [0.25, 0.3) is 0 Å². The second kappa shape index (κ2) is 4.16. The van der Waals surface area contributed by atoms with Gasteiger partial charge in [-0.25, -0.2) is 8.42 Å². The molecule has 0 unspecified atom stereocenters. The van der Waals surface area contributed by atoms with E-state index in [-0.39, 0.29) is 12.6 Å². The van der Waals surface area contributed by atoms with Crippen LogP contribution in [0.4, 0.5) is 5.69 Å². The molecule has 0 saturated carbocycles. The Bertz CT molecular complexity index is 563. The van der Waals surface area contributed by atoms with Gasteiger partial charge in [-0.2, -0.15) is 0 Å². The van der Waals surface area contributed by atoms with Gasteiger partial charge in [-0.3, -0.25) is 4.31 Å². The lowest BCUT2D eigenvalue weighted by molar-refractivity contribution is 0.325. The van der Waals surface area contributed by atoms with Gasteiger partial charge in [0.15, 0.2) is 0 Å². The number of sulfonamides is 1. The lowest BCUT2D eigenvalue weighted by atomic mass is 9.99. The summed E-state index contributed by atoms with van der Waals surface area (Å²) >= 11 is 0. The first-order valence-corrected chi connectivity index (χ1v) is 7.19. The molecule has 1 atom stereocenters. The molecule has 4 nitrogen and oxygen atoms in total. The van der Waals surface area contributed by atoms with Crippen molar-refractivity contribution in [2.75, 3.05) is 17.2 Å². The molecule has 2 rings (SSSR count). The number of hydrogen-bond donors (Lipinski definition) is 1. The monoisotopic (exact) mass is 253 g/mol. The van der Waals surface area contributed by atoms with Crippen LogP contribution in [0.25, 0.3) is 6.08 Å². The lowest BCUT2D eigenvalue weighted by Crippen LogP contribution is -2.41. The van der Waals surface area contributed by atoms with Crippen LogP contribution >= 0.6 is 0 Å². The Morgan fingerprint density at radius 3 is 2.59 bits per heavy atom. The highest BCUT2D eigenvalue weighted by Crippen LogP contribution is 2.33. The van der Waals surface area contributed by atoms with Crippen molar-refractivity contribution in [3.63, 3.8) is 0 Å². The first-order chi connectivity index (χ1) is 7.95. The van der Waals surface area contributed by atoms with Gasteiger partial charge in [0.2, 0.25) is 10.0 Å². The summed E-state index contributed by atoms with van der Waals surface area (Å²) < 4.78 is 25.0. The van der Waals surface area contributed by atoms with E-state index in [4.69, 9.17) is 0 Å². The number of rotatable bonds is 2. The largest absolute Gasteiger partial charge is 0.392 e. The third-order valence-electron chi connectivity index (χ3n) is 2.94. The van der Waals surface area contributed by atoms with Gasteiger partial charge in [-0.15, -0.1) is 0 Å². The summed E-state index contributed by atoms with van der Waals surface area (Å²) in [6.45, 7) is 1.64. The minimum Gasteiger partial charge on any atom is -0.392 e. The Labute approximate surface area is 101 Å². The standard InChI is InChI=1S/C12H15NO3S/c1-9-11(8-14)7-10-5-3-4-6-12(10)13(9)17(2,15)16/h3-7,9,14H,8H2,1-2H3/t9-/m1/s1. The van der Waals surface area contributed by atoms with E-state index in [1.807, 2.05) is 24.3 Å². The van der Waals surface area contributed by atoms with Crippen LogP contribution in [0.15, 0.2) is 29.8 Å². The summed E-state index contributed by atoms with van der Waals surface area (Å²) in [7, 11) is -3.35. The summed E-state index contributed by atoms with van der Waals surface area (Å²) in [5.74, 6) is 0. The van der Waals surface area contributed by atoms with E-state index >= 15 is 0 Å². The smallest absolute Gasteiger partial charge is 0.232 e. The predicted octanol–water partition coefficient (Wildman–Crippen LogP) is 1.23. The second-order valence-electron chi connectivity index (χ2n) is 4.17. The Kier molecular flexibility index (Phi) is 2.97. The van der Waals surface area contributed by atoms with Crippen molar-refractivity contribution >= 4 is 21.8 Å². The van der Waals surface area contributed by atoms with Crippen LogP contribution < -0.4 is 4.31 Å². The average molecular weight is 253 g/mol. The summed E-state index contributed by atoms with van der Waals surface area (Å²) in [5.41, 5.74) is 2.19. The molecular weight excluding hydrogens is 238 g/mol. The SMILES string of the molecule is C[C@@H]1C(CO)=Cc2ccccc2N1S(C)(=O)=O. The maximum Gasteiger partial charge on any atom is 0.232 e. The molecule has 0 aromatic heterocycles. The molecule has 0 amide bonds. The molecule has 0 spiro atoms. The zero-order chi connectivity index (χ0) is 12.6. The van der Waals surface area contributed by atoms with Crippen LogP contribution in [-0.4, -0.2) is 32.4 Å². The van der Waals surface area contributed by atoms with Crippen LogP contribution in [0.1, 0.15) is 12.5 Å². The van der Waals surface area contributed by atoms with Gasteiger partial charge in [0, 0.05) is 0 Å². The van der Waals surface area contributed by atoms with Crippen LogP contribution in [0.5, 0.6) is 0 Å². The summed E-state index contributed by atoms with van der Waals surface area (Å²) in [6.07, 6.45) is 3.03. The van der Waals surface area contributed by atoms with Gasteiger partial charge in [0.05, 0.1) is 24.6 Å². The van der Waals surface area contributed by atoms with Crippen molar-refractivity contribution in [3.05, 3.63) is 35.4 Å². The number of anilines is 1. The first kappa shape index (κ1) is 12.1. The predicted molar refractivity (Wildman–Crippen MR) is 68.3 cm³/mol. The van der Waals surface area contributed by atoms with E-state index in [1.165, 1.54) is 10.6 Å². The molecule has 5 heteroatoms. The third kappa shape index (κ3) is 2.08. The summed E-state index contributed by atoms with van der Waals surface area (Å²) in [6, 6.07) is 6.93. The molecule has 1 heterocycles. The van der Waals surface area contributed by atoms with E-state index < -0.39 is 10.0 Å². The Morgan fingerprint density at radius 2 is 2.00 bits per heavy atom. The molecule has 1 aromatic carbocycles. The van der Waals surface area contributed by atoms with E-state index in [2.05, 4.69) is 0 Å². The zero-order valence-electron chi connectivity index (χ0n) is 9.79. The summed E-state index contributed by atoms with van der Waals surface area (Å²) in [4.78, 5) is 0. The number of para-hydroxylation sites is 1. The van der Waals surface area contributed by atoms with Gasteiger partial charge in [-0.05, 0) is 30.2 Å². The molecule has 0 fully saturated rings. The minimum atomic E-state index is -3.35. The molecule has 1 aromatic rings. The number of hydrogen-bond acceptors (Lipinski definition) is 3. The van der Waals surface area contributed by atoms with Crippen molar-refractivity contribution < 1.29 is 13.5 Å². The second-order valence-corrected chi connectivity index (χ2v) is 6.03. The molecule has 0 bridgehead atoms. The maximum atomic E-state index is 11.8. The highest BCUT2D eigenvalue weighted by Gasteiger charge is 2.30. The van der Waals surface area contributed by atoms with Crippen molar-refractivity contribution in [1.29, 1.82) is 0 Å². The van der Waals surface area contributed by atoms with Crippen molar-refractivity contribution in [2.24, 2.45) is 0 Å². The molecule has 92 valence electrons. The quantitative estimate of drug-likeness (QED) is 0.862. The Balaban J connectivity index is 2.66. The van der Waals surface area contributed by atoms with E-state index in [1.54, 1.807) is 13.0 Å². The van der Waals surface area contributed by atoms with Crippen molar-refractivity contribution in [3.8, 4) is 0 Å². The lowest BCUT2D eigenvalue weighted by Gasteiger charge is -2.34. The topological polar surface area (TPSA) is 57.6 Å². The zero-order valence-corrected chi connectivity index (χ0v) is 10.6. The fraction of sp³-hybridized carbons (Fsp3) is 0.333. The van der Waals surface area contributed by atoms with E-state index in [0.717, 1.165) is 5.56 Å². The van der Waals surface area contributed by atoms with Gasteiger partial charge >= 0.3 is 0 Å². The number of aliphatic hydroxyl groups is 1. The molecule has 0 saturated heterocycles. The minimum absolute atomic E-state index is 0.137. The molecule has 0 radical (unpaired) electrons. The summed E-state index contributed by atoms with van der Waals surface area (Å²) in [5, 5.41) is 9.28. The van der Waals surface area contributed by atoms with Crippen LogP contribution in [-0.2, 0) is 10.0 Å². The fourth-order valence-electron chi connectivity index (χ4n) is 2.13. The van der Waals surface area contributed by atoms with E-state index in [0.29, 0.717) is 11.3 Å². The third-order valence-corrected chi connectivity index (χ3v) is 4.17. The maximum absolute atomic E-state index is 11.8. The molecule has 1 aliphatic rings.